The maximum absolute atomic E-state index is 6.04. The average molecular weight is 246 g/mol. The van der Waals surface area contributed by atoms with Gasteiger partial charge in [-0.15, -0.1) is 0 Å². The molecular formula is C12H14N4S. The lowest BCUT2D eigenvalue weighted by Gasteiger charge is -2.14. The number of hydrogen-bond donors (Lipinski definition) is 1. The van der Waals surface area contributed by atoms with Gasteiger partial charge in [0.15, 0.2) is 5.82 Å². The number of benzene rings is 1. The van der Waals surface area contributed by atoms with Gasteiger partial charge in [-0.25, -0.2) is 9.97 Å². The molecule has 0 saturated carbocycles. The van der Waals surface area contributed by atoms with Crippen molar-refractivity contribution >= 4 is 23.3 Å². The van der Waals surface area contributed by atoms with Gasteiger partial charge in [0.25, 0.3) is 0 Å². The molecule has 2 aromatic rings. The third-order valence-corrected chi connectivity index (χ3v) is 3.23. The molecule has 5 heteroatoms. The van der Waals surface area contributed by atoms with E-state index in [0.717, 1.165) is 15.7 Å². The Balaban J connectivity index is 2.31. The van der Waals surface area contributed by atoms with E-state index in [1.54, 1.807) is 11.8 Å². The highest BCUT2D eigenvalue weighted by molar-refractivity contribution is 7.99. The molecule has 0 aliphatic carbocycles. The van der Waals surface area contributed by atoms with E-state index >= 15 is 0 Å². The molecule has 0 aliphatic heterocycles. The van der Waals surface area contributed by atoms with Crippen LogP contribution in [0.5, 0.6) is 0 Å². The molecule has 2 rings (SSSR count). The van der Waals surface area contributed by atoms with Gasteiger partial charge in [-0.05, 0) is 12.1 Å². The van der Waals surface area contributed by atoms with Crippen LogP contribution in [-0.2, 0) is 0 Å². The topological polar surface area (TPSA) is 55.0 Å². The van der Waals surface area contributed by atoms with E-state index in [-0.39, 0.29) is 0 Å². The SMILES string of the molecule is CN(C)c1ncnc(Sc2ccccc2)c1N. The van der Waals surface area contributed by atoms with E-state index in [1.165, 1.54) is 6.33 Å². The van der Waals surface area contributed by atoms with Crippen molar-refractivity contribution < 1.29 is 0 Å². The molecule has 0 fully saturated rings. The summed E-state index contributed by atoms with van der Waals surface area (Å²) in [6, 6.07) is 10.0. The minimum atomic E-state index is 0.617. The van der Waals surface area contributed by atoms with Crippen LogP contribution in [0, 0.1) is 0 Å². The zero-order valence-corrected chi connectivity index (χ0v) is 10.6. The van der Waals surface area contributed by atoms with E-state index in [0.29, 0.717) is 5.69 Å². The summed E-state index contributed by atoms with van der Waals surface area (Å²) in [6.07, 6.45) is 1.54. The molecule has 0 aliphatic rings. The first-order chi connectivity index (χ1) is 8.18. The summed E-state index contributed by atoms with van der Waals surface area (Å²) in [5.74, 6) is 0.749. The van der Waals surface area contributed by atoms with Gasteiger partial charge in [-0.2, -0.15) is 0 Å². The molecule has 0 bridgehead atoms. The number of nitrogen functional groups attached to an aromatic ring is 1. The molecule has 1 aromatic heterocycles. The predicted molar refractivity (Wildman–Crippen MR) is 71.3 cm³/mol. The van der Waals surface area contributed by atoms with Crippen molar-refractivity contribution in [3.63, 3.8) is 0 Å². The van der Waals surface area contributed by atoms with Crippen LogP contribution in [0.15, 0.2) is 46.6 Å². The quantitative estimate of drug-likeness (QED) is 0.842. The van der Waals surface area contributed by atoms with Gasteiger partial charge in [0, 0.05) is 19.0 Å². The highest BCUT2D eigenvalue weighted by Gasteiger charge is 2.10. The van der Waals surface area contributed by atoms with Crippen LogP contribution >= 0.6 is 11.8 Å². The third kappa shape index (κ3) is 2.68. The molecule has 88 valence electrons. The zero-order chi connectivity index (χ0) is 12.3. The summed E-state index contributed by atoms with van der Waals surface area (Å²) < 4.78 is 0. The lowest BCUT2D eigenvalue weighted by molar-refractivity contribution is 0.993. The molecule has 0 saturated heterocycles. The predicted octanol–water partition coefficient (Wildman–Crippen LogP) is 2.28. The molecule has 0 spiro atoms. The summed E-state index contributed by atoms with van der Waals surface area (Å²) in [5, 5.41) is 0.787. The Bertz CT molecular complexity index is 499. The first-order valence-corrected chi connectivity index (χ1v) is 6.01. The third-order valence-electron chi connectivity index (χ3n) is 2.21. The Labute approximate surface area is 105 Å². The van der Waals surface area contributed by atoms with Crippen molar-refractivity contribution in [2.45, 2.75) is 9.92 Å². The fourth-order valence-corrected chi connectivity index (χ4v) is 2.23. The van der Waals surface area contributed by atoms with Crippen LogP contribution in [0.3, 0.4) is 0 Å². The number of nitrogens with zero attached hydrogens (tertiary/aromatic N) is 3. The number of rotatable bonds is 3. The van der Waals surface area contributed by atoms with Crippen LogP contribution in [-0.4, -0.2) is 24.1 Å². The summed E-state index contributed by atoms with van der Waals surface area (Å²) in [6.45, 7) is 0. The smallest absolute Gasteiger partial charge is 0.155 e. The molecule has 1 heterocycles. The summed E-state index contributed by atoms with van der Waals surface area (Å²) in [5.41, 5.74) is 6.66. The highest BCUT2D eigenvalue weighted by Crippen LogP contribution is 2.33. The van der Waals surface area contributed by atoms with Crippen LogP contribution < -0.4 is 10.6 Å². The molecular weight excluding hydrogens is 232 g/mol. The van der Waals surface area contributed by atoms with Gasteiger partial charge in [0.05, 0.1) is 0 Å². The maximum atomic E-state index is 6.04. The Morgan fingerprint density at radius 3 is 2.47 bits per heavy atom. The van der Waals surface area contributed by atoms with Crippen molar-refractivity contribution in [2.75, 3.05) is 24.7 Å². The second-order valence-corrected chi connectivity index (χ2v) is 4.79. The Morgan fingerprint density at radius 1 is 1.12 bits per heavy atom. The first-order valence-electron chi connectivity index (χ1n) is 5.19. The lowest BCUT2D eigenvalue weighted by Crippen LogP contribution is -2.14. The van der Waals surface area contributed by atoms with E-state index in [9.17, 15) is 0 Å². The van der Waals surface area contributed by atoms with Crippen LogP contribution in [0.1, 0.15) is 0 Å². The van der Waals surface area contributed by atoms with E-state index in [2.05, 4.69) is 9.97 Å². The Kier molecular flexibility index (Phi) is 3.49. The monoisotopic (exact) mass is 246 g/mol. The minimum Gasteiger partial charge on any atom is -0.394 e. The van der Waals surface area contributed by atoms with Crippen molar-refractivity contribution in [1.82, 2.24) is 9.97 Å². The van der Waals surface area contributed by atoms with Crippen molar-refractivity contribution in [3.8, 4) is 0 Å². The molecule has 2 N–H and O–H groups in total. The standard InChI is InChI=1S/C12H14N4S/c1-16(2)11-10(13)12(15-8-14-11)17-9-6-4-3-5-7-9/h3-8H,13H2,1-2H3. The van der Waals surface area contributed by atoms with E-state index < -0.39 is 0 Å². The van der Waals surface area contributed by atoms with Crippen molar-refractivity contribution in [1.29, 1.82) is 0 Å². The molecule has 0 atom stereocenters. The van der Waals surface area contributed by atoms with Crippen LogP contribution in [0.25, 0.3) is 0 Å². The van der Waals surface area contributed by atoms with Gasteiger partial charge >= 0.3 is 0 Å². The van der Waals surface area contributed by atoms with Crippen molar-refractivity contribution in [2.24, 2.45) is 0 Å². The summed E-state index contributed by atoms with van der Waals surface area (Å²) >= 11 is 1.54. The maximum Gasteiger partial charge on any atom is 0.155 e. The minimum absolute atomic E-state index is 0.617. The van der Waals surface area contributed by atoms with Gasteiger partial charge in [-0.3, -0.25) is 0 Å². The Morgan fingerprint density at radius 2 is 1.82 bits per heavy atom. The number of nitrogens with two attached hydrogens (primary N) is 1. The van der Waals surface area contributed by atoms with Gasteiger partial charge in [0.1, 0.15) is 17.0 Å². The second kappa shape index (κ2) is 5.05. The van der Waals surface area contributed by atoms with Gasteiger partial charge in [0.2, 0.25) is 0 Å². The van der Waals surface area contributed by atoms with Gasteiger partial charge in [-0.1, -0.05) is 30.0 Å². The molecule has 1 aromatic carbocycles. The molecule has 4 nitrogen and oxygen atoms in total. The van der Waals surface area contributed by atoms with E-state index in [4.69, 9.17) is 5.73 Å². The lowest BCUT2D eigenvalue weighted by atomic mass is 10.4. The number of anilines is 2. The first kappa shape index (κ1) is 11.7. The van der Waals surface area contributed by atoms with Crippen LogP contribution in [0.4, 0.5) is 11.5 Å². The number of aromatic nitrogens is 2. The molecule has 17 heavy (non-hydrogen) atoms. The normalized spacial score (nSPS) is 10.2. The summed E-state index contributed by atoms with van der Waals surface area (Å²) in [4.78, 5) is 11.4. The second-order valence-electron chi connectivity index (χ2n) is 3.73. The van der Waals surface area contributed by atoms with Crippen LogP contribution in [0.2, 0.25) is 0 Å². The molecule has 0 amide bonds. The largest absolute Gasteiger partial charge is 0.394 e. The van der Waals surface area contributed by atoms with Gasteiger partial charge < -0.3 is 10.6 Å². The average Bonchev–Trinajstić information content (AvgIpc) is 2.33. The Hall–Kier alpha value is -1.75. The fraction of sp³-hybridized carbons (Fsp3) is 0.167. The molecule has 0 unspecified atom stereocenters. The highest BCUT2D eigenvalue weighted by atomic mass is 32.2. The molecule has 0 radical (unpaired) electrons. The van der Waals surface area contributed by atoms with Crippen molar-refractivity contribution in [3.05, 3.63) is 36.7 Å². The van der Waals surface area contributed by atoms with E-state index in [1.807, 2.05) is 49.3 Å². The fourth-order valence-electron chi connectivity index (χ4n) is 1.41. The number of hydrogen-bond acceptors (Lipinski definition) is 5. The zero-order valence-electron chi connectivity index (χ0n) is 9.79. The summed E-state index contributed by atoms with van der Waals surface area (Å²) in [7, 11) is 3.82.